The molecule has 0 bridgehead atoms. The van der Waals surface area contributed by atoms with E-state index < -0.39 is 0 Å². The Bertz CT molecular complexity index is 533. The summed E-state index contributed by atoms with van der Waals surface area (Å²) in [7, 11) is 3.20. The van der Waals surface area contributed by atoms with Crippen LogP contribution in [0.5, 0.6) is 11.5 Å². The molecular weight excluding hydrogens is 242 g/mol. The van der Waals surface area contributed by atoms with Gasteiger partial charge in [-0.1, -0.05) is 0 Å². The Morgan fingerprint density at radius 2 is 1.16 bits per heavy atom. The lowest BCUT2D eigenvalue weighted by Crippen LogP contribution is -1.96. The van der Waals surface area contributed by atoms with E-state index >= 15 is 0 Å². The van der Waals surface area contributed by atoms with E-state index in [2.05, 4.69) is 5.32 Å². The summed E-state index contributed by atoms with van der Waals surface area (Å²) < 4.78 is 10.3. The first kappa shape index (κ1) is 12.9. The van der Waals surface area contributed by atoms with Crippen LogP contribution in [0.2, 0.25) is 0 Å². The number of hydrogen-bond acceptors (Lipinski definition) is 5. The molecule has 0 radical (unpaired) electrons. The molecule has 0 amide bonds. The summed E-state index contributed by atoms with van der Waals surface area (Å²) in [5, 5.41) is 3.22. The molecule has 0 saturated carbocycles. The predicted octanol–water partition coefficient (Wildman–Crippen LogP) is 2.61. The van der Waals surface area contributed by atoms with E-state index in [0.29, 0.717) is 22.9 Å². The highest BCUT2D eigenvalue weighted by Gasteiger charge is 2.02. The van der Waals surface area contributed by atoms with Gasteiger partial charge in [0.05, 0.1) is 14.2 Å². The van der Waals surface area contributed by atoms with Gasteiger partial charge in [0.15, 0.2) is 0 Å². The van der Waals surface area contributed by atoms with Crippen molar-refractivity contribution in [1.29, 1.82) is 0 Å². The number of anilines is 4. The summed E-state index contributed by atoms with van der Waals surface area (Å²) in [5.74, 6) is 1.39. The molecule has 2 aromatic carbocycles. The molecular formula is C14H17N3O2. The Kier molecular flexibility index (Phi) is 3.66. The minimum atomic E-state index is 0.623. The zero-order valence-electron chi connectivity index (χ0n) is 10.9. The van der Waals surface area contributed by atoms with E-state index in [9.17, 15) is 0 Å². The van der Waals surface area contributed by atoms with Gasteiger partial charge in [0.2, 0.25) is 0 Å². The van der Waals surface area contributed by atoms with Crippen LogP contribution < -0.4 is 26.3 Å². The van der Waals surface area contributed by atoms with Crippen molar-refractivity contribution in [3.63, 3.8) is 0 Å². The molecule has 0 spiro atoms. The molecule has 100 valence electrons. The summed E-state index contributed by atoms with van der Waals surface area (Å²) >= 11 is 0. The zero-order chi connectivity index (χ0) is 13.8. The van der Waals surface area contributed by atoms with E-state index in [0.717, 1.165) is 11.4 Å². The largest absolute Gasteiger partial charge is 0.497 e. The summed E-state index contributed by atoms with van der Waals surface area (Å²) in [5.41, 5.74) is 14.5. The number of benzene rings is 2. The standard InChI is InChI=1S/C14H17N3O2/c1-18-13-5-9(15)3-11(7-13)17-12-4-10(16)6-14(8-12)19-2/h3-8,17H,15-16H2,1-2H3. The number of rotatable bonds is 4. The third-order valence-corrected chi connectivity index (χ3v) is 2.62. The van der Waals surface area contributed by atoms with Gasteiger partial charge in [-0.3, -0.25) is 0 Å². The average molecular weight is 259 g/mol. The first-order valence-electron chi connectivity index (χ1n) is 5.77. The fourth-order valence-corrected chi connectivity index (χ4v) is 1.79. The lowest BCUT2D eigenvalue weighted by atomic mass is 10.2. The van der Waals surface area contributed by atoms with Crippen molar-refractivity contribution >= 4 is 22.7 Å². The van der Waals surface area contributed by atoms with Gasteiger partial charge in [0.25, 0.3) is 0 Å². The van der Waals surface area contributed by atoms with Crippen molar-refractivity contribution in [2.75, 3.05) is 31.0 Å². The second kappa shape index (κ2) is 5.39. The van der Waals surface area contributed by atoms with Crippen molar-refractivity contribution < 1.29 is 9.47 Å². The number of nitrogen functional groups attached to an aromatic ring is 2. The van der Waals surface area contributed by atoms with Crippen molar-refractivity contribution in [1.82, 2.24) is 0 Å². The quantitative estimate of drug-likeness (QED) is 0.735. The molecule has 5 heteroatoms. The average Bonchev–Trinajstić information content (AvgIpc) is 2.37. The number of methoxy groups -OCH3 is 2. The topological polar surface area (TPSA) is 82.5 Å². The third kappa shape index (κ3) is 3.22. The second-order valence-corrected chi connectivity index (χ2v) is 4.11. The third-order valence-electron chi connectivity index (χ3n) is 2.62. The lowest BCUT2D eigenvalue weighted by molar-refractivity contribution is 0.415. The van der Waals surface area contributed by atoms with Crippen LogP contribution in [0.25, 0.3) is 0 Å². The van der Waals surface area contributed by atoms with Gasteiger partial charge in [0, 0.05) is 47.0 Å². The van der Waals surface area contributed by atoms with Crippen LogP contribution in [0.1, 0.15) is 0 Å². The molecule has 0 atom stereocenters. The number of nitrogens with one attached hydrogen (secondary N) is 1. The van der Waals surface area contributed by atoms with E-state index in [4.69, 9.17) is 20.9 Å². The molecule has 5 nitrogen and oxygen atoms in total. The predicted molar refractivity (Wildman–Crippen MR) is 78.1 cm³/mol. The van der Waals surface area contributed by atoms with E-state index in [-0.39, 0.29) is 0 Å². The maximum atomic E-state index is 5.81. The molecule has 0 aliphatic carbocycles. The number of nitrogens with two attached hydrogens (primary N) is 2. The Labute approximate surface area is 112 Å². The minimum Gasteiger partial charge on any atom is -0.497 e. The SMILES string of the molecule is COc1cc(N)cc(Nc2cc(N)cc(OC)c2)c1. The lowest BCUT2D eigenvalue weighted by Gasteiger charge is -2.11. The summed E-state index contributed by atoms with van der Waals surface area (Å²) in [6, 6.07) is 10.9. The molecule has 0 aliphatic rings. The van der Waals surface area contributed by atoms with Gasteiger partial charge in [-0.05, 0) is 12.1 Å². The molecule has 0 heterocycles. The molecule has 0 fully saturated rings. The highest BCUT2D eigenvalue weighted by atomic mass is 16.5. The molecule has 19 heavy (non-hydrogen) atoms. The molecule has 2 rings (SSSR count). The van der Waals surface area contributed by atoms with E-state index in [1.165, 1.54) is 0 Å². The fourth-order valence-electron chi connectivity index (χ4n) is 1.79. The van der Waals surface area contributed by atoms with Crippen LogP contribution in [-0.4, -0.2) is 14.2 Å². The van der Waals surface area contributed by atoms with Crippen molar-refractivity contribution in [3.8, 4) is 11.5 Å². The van der Waals surface area contributed by atoms with Crippen LogP contribution in [0.15, 0.2) is 36.4 Å². The first-order chi connectivity index (χ1) is 9.10. The van der Waals surface area contributed by atoms with Crippen LogP contribution in [0.3, 0.4) is 0 Å². The molecule has 2 aromatic rings. The van der Waals surface area contributed by atoms with Gasteiger partial charge in [-0.25, -0.2) is 0 Å². The summed E-state index contributed by atoms with van der Waals surface area (Å²) in [4.78, 5) is 0. The van der Waals surface area contributed by atoms with Crippen molar-refractivity contribution in [3.05, 3.63) is 36.4 Å². The Morgan fingerprint density at radius 3 is 1.53 bits per heavy atom. The van der Waals surface area contributed by atoms with Gasteiger partial charge >= 0.3 is 0 Å². The van der Waals surface area contributed by atoms with Crippen molar-refractivity contribution in [2.24, 2.45) is 0 Å². The molecule has 5 N–H and O–H groups in total. The highest BCUT2D eigenvalue weighted by Crippen LogP contribution is 2.28. The highest BCUT2D eigenvalue weighted by molar-refractivity contribution is 5.69. The van der Waals surface area contributed by atoms with Crippen LogP contribution in [-0.2, 0) is 0 Å². The maximum absolute atomic E-state index is 5.81. The molecule has 0 saturated heterocycles. The van der Waals surface area contributed by atoms with E-state index in [1.54, 1.807) is 26.4 Å². The first-order valence-corrected chi connectivity index (χ1v) is 5.77. The van der Waals surface area contributed by atoms with Gasteiger partial charge < -0.3 is 26.3 Å². The Balaban J connectivity index is 2.30. The fraction of sp³-hybridized carbons (Fsp3) is 0.143. The molecule has 0 aromatic heterocycles. The normalized spacial score (nSPS) is 10.0. The molecule has 0 aliphatic heterocycles. The van der Waals surface area contributed by atoms with Gasteiger partial charge in [-0.15, -0.1) is 0 Å². The number of hydrogen-bond donors (Lipinski definition) is 3. The summed E-state index contributed by atoms with van der Waals surface area (Å²) in [6.07, 6.45) is 0. The van der Waals surface area contributed by atoms with Crippen LogP contribution in [0, 0.1) is 0 Å². The Morgan fingerprint density at radius 1 is 0.737 bits per heavy atom. The minimum absolute atomic E-state index is 0.623. The Hall–Kier alpha value is -2.56. The van der Waals surface area contributed by atoms with Gasteiger partial charge in [-0.2, -0.15) is 0 Å². The van der Waals surface area contributed by atoms with Gasteiger partial charge in [0.1, 0.15) is 11.5 Å². The molecule has 0 unspecified atom stereocenters. The van der Waals surface area contributed by atoms with Crippen LogP contribution in [0.4, 0.5) is 22.7 Å². The summed E-state index contributed by atoms with van der Waals surface area (Å²) in [6.45, 7) is 0. The maximum Gasteiger partial charge on any atom is 0.122 e. The van der Waals surface area contributed by atoms with Crippen LogP contribution >= 0.6 is 0 Å². The monoisotopic (exact) mass is 259 g/mol. The number of ether oxygens (including phenoxy) is 2. The van der Waals surface area contributed by atoms with Crippen molar-refractivity contribution in [2.45, 2.75) is 0 Å². The van der Waals surface area contributed by atoms with E-state index in [1.807, 2.05) is 24.3 Å². The smallest absolute Gasteiger partial charge is 0.122 e. The second-order valence-electron chi connectivity index (χ2n) is 4.11. The zero-order valence-corrected chi connectivity index (χ0v) is 10.9.